The third-order valence-corrected chi connectivity index (χ3v) is 4.93. The maximum Gasteiger partial charge on any atom is 0.259 e. The van der Waals surface area contributed by atoms with Crippen LogP contribution in [0.1, 0.15) is 40.5 Å². The van der Waals surface area contributed by atoms with E-state index in [1.54, 1.807) is 12.4 Å². The topological polar surface area (TPSA) is 84.8 Å². The molecule has 3 aromatic rings. The molecule has 1 fully saturated rings. The van der Waals surface area contributed by atoms with Gasteiger partial charge in [0.25, 0.3) is 5.91 Å². The largest absolute Gasteiger partial charge is 0.381 e. The molecule has 3 aromatic heterocycles. The van der Waals surface area contributed by atoms with Crippen molar-refractivity contribution >= 4 is 22.6 Å². The van der Waals surface area contributed by atoms with Gasteiger partial charge in [0.15, 0.2) is 0 Å². The molecule has 25 heavy (non-hydrogen) atoms. The van der Waals surface area contributed by atoms with Crippen LogP contribution < -0.4 is 5.32 Å². The number of carbonyl (C=O) groups excluding carboxylic acids is 1. The van der Waals surface area contributed by atoms with Gasteiger partial charge in [0.1, 0.15) is 5.65 Å². The van der Waals surface area contributed by atoms with Gasteiger partial charge in [-0.25, -0.2) is 4.98 Å². The lowest BCUT2D eigenvalue weighted by Crippen LogP contribution is -2.22. The molecule has 130 valence electrons. The highest BCUT2D eigenvalue weighted by Gasteiger charge is 2.22. The van der Waals surface area contributed by atoms with Crippen molar-refractivity contribution in [2.24, 2.45) is 0 Å². The quantitative estimate of drug-likeness (QED) is 0.768. The minimum absolute atomic E-state index is 0.157. The Morgan fingerprint density at radius 1 is 1.32 bits per heavy atom. The normalized spacial score (nSPS) is 15.6. The summed E-state index contributed by atoms with van der Waals surface area (Å²) in [6, 6.07) is 2.26. The summed E-state index contributed by atoms with van der Waals surface area (Å²) >= 11 is 0. The summed E-state index contributed by atoms with van der Waals surface area (Å²) in [6.45, 7) is 5.41. The monoisotopic (exact) mass is 339 g/mol. The van der Waals surface area contributed by atoms with Crippen LogP contribution >= 0.6 is 0 Å². The highest BCUT2D eigenvalue weighted by atomic mass is 16.5. The van der Waals surface area contributed by atoms with Gasteiger partial charge in [0.05, 0.1) is 29.7 Å². The number of rotatable bonds is 3. The Morgan fingerprint density at radius 2 is 2.12 bits per heavy atom. The number of nitrogens with one attached hydrogen (secondary N) is 2. The number of fused-ring (bicyclic) bond motifs is 1. The number of carbonyl (C=O) groups is 1. The number of aryl methyl sites for hydroxylation is 1. The van der Waals surface area contributed by atoms with E-state index >= 15 is 0 Å². The maximum absolute atomic E-state index is 12.7. The number of nitrogens with zero attached hydrogens (tertiary/aromatic N) is 3. The van der Waals surface area contributed by atoms with E-state index in [9.17, 15) is 4.79 Å². The first-order chi connectivity index (χ1) is 12.1. The first-order valence-corrected chi connectivity index (χ1v) is 8.51. The predicted molar refractivity (Wildman–Crippen MR) is 94.8 cm³/mol. The highest BCUT2D eigenvalue weighted by Crippen LogP contribution is 2.25. The standard InChI is InChI=1S/C18H21N5O2/c1-11-14-3-6-19-17(14)20-10-16(11)22-18(24)15-9-21-23(12(15)2)13-4-7-25-8-5-13/h3,6,9-10,13H,4-5,7-8H2,1-2H3,(H,19,20)(H,22,24). The SMILES string of the molecule is Cc1c(NC(=O)c2cnn(C3CCOCC3)c2C)cnc2[nH]ccc12. The smallest absolute Gasteiger partial charge is 0.259 e. The van der Waals surface area contributed by atoms with Gasteiger partial charge >= 0.3 is 0 Å². The molecular formula is C18H21N5O2. The first-order valence-electron chi connectivity index (χ1n) is 8.51. The van der Waals surface area contributed by atoms with Crippen molar-refractivity contribution in [2.45, 2.75) is 32.7 Å². The average molecular weight is 339 g/mol. The van der Waals surface area contributed by atoms with E-state index in [0.717, 1.165) is 54.0 Å². The molecule has 1 aliphatic rings. The Morgan fingerprint density at radius 3 is 2.92 bits per heavy atom. The summed E-state index contributed by atoms with van der Waals surface area (Å²) in [7, 11) is 0. The van der Waals surface area contributed by atoms with Gasteiger partial charge in [-0.05, 0) is 38.3 Å². The van der Waals surface area contributed by atoms with Gasteiger partial charge in [-0.1, -0.05) is 0 Å². The van der Waals surface area contributed by atoms with Crippen molar-refractivity contribution in [2.75, 3.05) is 18.5 Å². The van der Waals surface area contributed by atoms with Crippen molar-refractivity contribution < 1.29 is 9.53 Å². The molecule has 0 spiro atoms. The molecule has 4 rings (SSSR count). The van der Waals surface area contributed by atoms with Gasteiger partial charge < -0.3 is 15.0 Å². The molecule has 0 unspecified atom stereocenters. The molecule has 0 aliphatic carbocycles. The molecule has 0 atom stereocenters. The number of amides is 1. The highest BCUT2D eigenvalue weighted by molar-refractivity contribution is 6.06. The van der Waals surface area contributed by atoms with Crippen LogP contribution in [-0.4, -0.2) is 38.9 Å². The first kappa shape index (κ1) is 15.8. The number of ether oxygens (including phenoxy) is 1. The zero-order chi connectivity index (χ0) is 17.4. The fraction of sp³-hybridized carbons (Fsp3) is 0.389. The molecule has 0 saturated carbocycles. The molecule has 1 amide bonds. The second-order valence-corrected chi connectivity index (χ2v) is 6.42. The van der Waals surface area contributed by atoms with Crippen LogP contribution in [0.15, 0.2) is 24.7 Å². The molecule has 4 heterocycles. The summed E-state index contributed by atoms with van der Waals surface area (Å²) in [5, 5.41) is 8.42. The molecule has 1 saturated heterocycles. The zero-order valence-electron chi connectivity index (χ0n) is 14.4. The Bertz CT molecular complexity index is 921. The van der Waals surface area contributed by atoms with Crippen molar-refractivity contribution in [3.63, 3.8) is 0 Å². The fourth-order valence-electron chi connectivity index (χ4n) is 3.40. The Labute approximate surface area is 145 Å². The number of anilines is 1. The van der Waals surface area contributed by atoms with Crippen LogP contribution in [0.25, 0.3) is 11.0 Å². The van der Waals surface area contributed by atoms with E-state index < -0.39 is 0 Å². The third-order valence-electron chi connectivity index (χ3n) is 4.93. The minimum Gasteiger partial charge on any atom is -0.381 e. The van der Waals surface area contributed by atoms with Gasteiger partial charge in [0, 0.05) is 30.5 Å². The molecule has 2 N–H and O–H groups in total. The zero-order valence-corrected chi connectivity index (χ0v) is 14.4. The summed E-state index contributed by atoms with van der Waals surface area (Å²) in [6.07, 6.45) is 7.04. The summed E-state index contributed by atoms with van der Waals surface area (Å²) < 4.78 is 7.36. The molecule has 0 aromatic carbocycles. The lowest BCUT2D eigenvalue weighted by molar-refractivity contribution is 0.0656. The van der Waals surface area contributed by atoms with Gasteiger partial charge in [-0.15, -0.1) is 0 Å². The second-order valence-electron chi connectivity index (χ2n) is 6.42. The van der Waals surface area contributed by atoms with Crippen molar-refractivity contribution in [1.29, 1.82) is 0 Å². The predicted octanol–water partition coefficient (Wildman–Crippen LogP) is 2.98. The third kappa shape index (κ3) is 2.80. The van der Waals surface area contributed by atoms with Crippen LogP contribution in [0.5, 0.6) is 0 Å². The summed E-state index contributed by atoms with van der Waals surface area (Å²) in [5.74, 6) is -0.157. The van der Waals surface area contributed by atoms with Gasteiger partial charge in [0.2, 0.25) is 0 Å². The van der Waals surface area contributed by atoms with Gasteiger partial charge in [-0.3, -0.25) is 9.48 Å². The van der Waals surface area contributed by atoms with E-state index in [0.29, 0.717) is 11.6 Å². The Kier molecular flexibility index (Phi) is 4.01. The lowest BCUT2D eigenvalue weighted by Gasteiger charge is -2.23. The summed E-state index contributed by atoms with van der Waals surface area (Å²) in [4.78, 5) is 20.2. The van der Waals surface area contributed by atoms with Gasteiger partial charge in [-0.2, -0.15) is 5.10 Å². The Hall–Kier alpha value is -2.67. The second kappa shape index (κ2) is 6.33. The molecule has 7 nitrogen and oxygen atoms in total. The molecule has 0 radical (unpaired) electrons. The number of H-pyrrole nitrogens is 1. The molecule has 1 aliphatic heterocycles. The number of pyridine rings is 1. The van der Waals surface area contributed by atoms with E-state index in [-0.39, 0.29) is 5.91 Å². The number of aromatic nitrogens is 4. The Balaban J connectivity index is 1.58. The van der Waals surface area contributed by atoms with Crippen molar-refractivity contribution in [1.82, 2.24) is 19.7 Å². The number of aromatic amines is 1. The minimum atomic E-state index is -0.157. The average Bonchev–Trinajstić information content (AvgIpc) is 3.25. The van der Waals surface area contributed by atoms with Crippen molar-refractivity contribution in [3.8, 4) is 0 Å². The molecule has 0 bridgehead atoms. The van der Waals surface area contributed by atoms with E-state index in [2.05, 4.69) is 20.4 Å². The van der Waals surface area contributed by atoms with Crippen molar-refractivity contribution in [3.05, 3.63) is 41.5 Å². The van der Waals surface area contributed by atoms with E-state index in [4.69, 9.17) is 4.74 Å². The molecular weight excluding hydrogens is 318 g/mol. The fourth-order valence-corrected chi connectivity index (χ4v) is 3.40. The maximum atomic E-state index is 12.7. The van der Waals surface area contributed by atoms with E-state index in [1.807, 2.05) is 30.8 Å². The summed E-state index contributed by atoms with van der Waals surface area (Å²) in [5.41, 5.74) is 4.01. The van der Waals surface area contributed by atoms with E-state index in [1.165, 1.54) is 0 Å². The van der Waals surface area contributed by atoms with Crippen LogP contribution in [0.4, 0.5) is 5.69 Å². The van der Waals surface area contributed by atoms with Crippen LogP contribution in [0.3, 0.4) is 0 Å². The van der Waals surface area contributed by atoms with Crippen LogP contribution in [-0.2, 0) is 4.74 Å². The lowest BCUT2D eigenvalue weighted by atomic mass is 10.1. The molecule has 7 heteroatoms. The van der Waals surface area contributed by atoms with Crippen LogP contribution in [0, 0.1) is 13.8 Å². The number of hydrogen-bond donors (Lipinski definition) is 2. The number of hydrogen-bond acceptors (Lipinski definition) is 4. The van der Waals surface area contributed by atoms with Crippen LogP contribution in [0.2, 0.25) is 0 Å².